The van der Waals surface area contributed by atoms with E-state index in [1.807, 2.05) is 6.07 Å². The fraction of sp³-hybridized carbons (Fsp3) is 0.267. The zero-order chi connectivity index (χ0) is 13.2. The van der Waals surface area contributed by atoms with Gasteiger partial charge in [0.05, 0.1) is 0 Å². The first-order chi connectivity index (χ1) is 9.22. The molecule has 0 unspecified atom stereocenters. The van der Waals surface area contributed by atoms with E-state index >= 15 is 0 Å². The average Bonchev–Trinajstić information content (AvgIpc) is 2.60. The average molecular weight is 274 g/mol. The maximum Gasteiger partial charge on any atom is 0.133 e. The van der Waals surface area contributed by atoms with Gasteiger partial charge in [0, 0.05) is 24.8 Å². The molecule has 0 fully saturated rings. The van der Waals surface area contributed by atoms with E-state index in [4.69, 9.17) is 17.3 Å². The van der Waals surface area contributed by atoms with Gasteiger partial charge < -0.3 is 10.6 Å². The Kier molecular flexibility index (Phi) is 3.30. The lowest BCUT2D eigenvalue weighted by molar-refractivity contribution is 0.791. The van der Waals surface area contributed by atoms with E-state index in [1.54, 1.807) is 6.07 Å². The first kappa shape index (κ1) is 12.3. The molecule has 1 aliphatic heterocycles. The van der Waals surface area contributed by atoms with Gasteiger partial charge in [-0.05, 0) is 30.0 Å². The molecule has 0 amide bonds. The van der Waals surface area contributed by atoms with E-state index in [-0.39, 0.29) is 0 Å². The highest BCUT2D eigenvalue weighted by Crippen LogP contribution is 2.23. The number of hydrogen-bond acceptors (Lipinski definition) is 3. The Morgan fingerprint density at radius 2 is 1.68 bits per heavy atom. The standard InChI is InChI=1S/C15H16ClN3/c16-14-9-13(17)10-15(18-14)19-7-5-11-3-1-2-4-12(11)6-8-19/h1-4,9-10H,5-8H2,(H2,17,18). The highest BCUT2D eigenvalue weighted by atomic mass is 35.5. The van der Waals surface area contributed by atoms with Gasteiger partial charge >= 0.3 is 0 Å². The molecule has 1 aliphatic rings. The van der Waals surface area contributed by atoms with Crippen LogP contribution in [0.2, 0.25) is 5.15 Å². The van der Waals surface area contributed by atoms with Crippen LogP contribution in [-0.4, -0.2) is 18.1 Å². The number of aromatic nitrogens is 1. The summed E-state index contributed by atoms with van der Waals surface area (Å²) >= 11 is 5.98. The molecule has 1 aromatic carbocycles. The molecular weight excluding hydrogens is 258 g/mol. The summed E-state index contributed by atoms with van der Waals surface area (Å²) in [6.07, 6.45) is 2.06. The molecule has 0 bridgehead atoms. The summed E-state index contributed by atoms with van der Waals surface area (Å²) in [4.78, 5) is 6.63. The molecular formula is C15H16ClN3. The third kappa shape index (κ3) is 2.66. The Bertz CT molecular complexity index is 550. The summed E-state index contributed by atoms with van der Waals surface area (Å²) in [5.41, 5.74) is 9.36. The lowest BCUT2D eigenvalue weighted by Crippen LogP contribution is -2.27. The Morgan fingerprint density at radius 3 is 2.26 bits per heavy atom. The smallest absolute Gasteiger partial charge is 0.133 e. The van der Waals surface area contributed by atoms with Crippen molar-refractivity contribution in [2.75, 3.05) is 23.7 Å². The van der Waals surface area contributed by atoms with Crippen molar-refractivity contribution in [3.05, 3.63) is 52.7 Å². The number of fused-ring (bicyclic) bond motifs is 1. The predicted molar refractivity (Wildman–Crippen MR) is 79.7 cm³/mol. The number of nitrogens with two attached hydrogens (primary N) is 1. The van der Waals surface area contributed by atoms with Crippen LogP contribution in [0.15, 0.2) is 36.4 Å². The largest absolute Gasteiger partial charge is 0.399 e. The molecule has 0 spiro atoms. The second kappa shape index (κ2) is 5.10. The van der Waals surface area contributed by atoms with E-state index in [2.05, 4.69) is 34.1 Å². The van der Waals surface area contributed by atoms with Crippen LogP contribution in [-0.2, 0) is 12.8 Å². The monoisotopic (exact) mass is 273 g/mol. The highest BCUT2D eigenvalue weighted by molar-refractivity contribution is 6.29. The lowest BCUT2D eigenvalue weighted by Gasteiger charge is -2.21. The third-order valence-corrected chi connectivity index (χ3v) is 3.74. The zero-order valence-corrected chi connectivity index (χ0v) is 11.4. The SMILES string of the molecule is Nc1cc(Cl)nc(N2CCc3ccccc3CC2)c1. The summed E-state index contributed by atoms with van der Waals surface area (Å²) in [7, 11) is 0. The minimum atomic E-state index is 0.455. The van der Waals surface area contributed by atoms with Gasteiger partial charge in [0.2, 0.25) is 0 Å². The van der Waals surface area contributed by atoms with E-state index in [1.165, 1.54) is 11.1 Å². The number of pyridine rings is 1. The van der Waals surface area contributed by atoms with Crippen LogP contribution in [0.1, 0.15) is 11.1 Å². The number of hydrogen-bond donors (Lipinski definition) is 1. The molecule has 19 heavy (non-hydrogen) atoms. The number of halogens is 1. The van der Waals surface area contributed by atoms with Gasteiger partial charge in [0.1, 0.15) is 11.0 Å². The Hall–Kier alpha value is -1.74. The summed E-state index contributed by atoms with van der Waals surface area (Å²) < 4.78 is 0. The summed E-state index contributed by atoms with van der Waals surface area (Å²) in [6, 6.07) is 12.2. The Morgan fingerprint density at radius 1 is 1.05 bits per heavy atom. The third-order valence-electron chi connectivity index (χ3n) is 3.55. The first-order valence-corrected chi connectivity index (χ1v) is 6.85. The van der Waals surface area contributed by atoms with Crippen LogP contribution in [0.5, 0.6) is 0 Å². The molecule has 3 rings (SSSR count). The second-order valence-corrected chi connectivity index (χ2v) is 5.22. The van der Waals surface area contributed by atoms with Crippen LogP contribution in [0.25, 0.3) is 0 Å². The molecule has 0 radical (unpaired) electrons. The van der Waals surface area contributed by atoms with Crippen LogP contribution < -0.4 is 10.6 Å². The van der Waals surface area contributed by atoms with Crippen molar-refractivity contribution in [3.8, 4) is 0 Å². The van der Waals surface area contributed by atoms with Gasteiger partial charge in [0.25, 0.3) is 0 Å². The van der Waals surface area contributed by atoms with Crippen molar-refractivity contribution < 1.29 is 0 Å². The Balaban J connectivity index is 1.85. The molecule has 98 valence electrons. The molecule has 2 aromatic rings. The fourth-order valence-electron chi connectivity index (χ4n) is 2.56. The molecule has 4 heteroatoms. The van der Waals surface area contributed by atoms with Gasteiger partial charge in [-0.3, -0.25) is 0 Å². The van der Waals surface area contributed by atoms with Crippen LogP contribution in [0, 0.1) is 0 Å². The van der Waals surface area contributed by atoms with Gasteiger partial charge in [-0.1, -0.05) is 35.9 Å². The van der Waals surface area contributed by atoms with Crippen molar-refractivity contribution >= 4 is 23.1 Å². The molecule has 2 N–H and O–H groups in total. The molecule has 0 atom stereocenters. The first-order valence-electron chi connectivity index (χ1n) is 6.47. The summed E-state index contributed by atoms with van der Waals surface area (Å²) in [6.45, 7) is 1.90. The van der Waals surface area contributed by atoms with Crippen molar-refractivity contribution in [2.24, 2.45) is 0 Å². The molecule has 3 nitrogen and oxygen atoms in total. The van der Waals surface area contributed by atoms with Crippen molar-refractivity contribution in [2.45, 2.75) is 12.8 Å². The molecule has 1 aromatic heterocycles. The quantitative estimate of drug-likeness (QED) is 0.813. The van der Waals surface area contributed by atoms with Gasteiger partial charge in [0.15, 0.2) is 0 Å². The van der Waals surface area contributed by atoms with Crippen molar-refractivity contribution in [1.82, 2.24) is 4.98 Å². The maximum absolute atomic E-state index is 5.98. The second-order valence-electron chi connectivity index (χ2n) is 4.84. The minimum Gasteiger partial charge on any atom is -0.399 e. The van der Waals surface area contributed by atoms with E-state index in [9.17, 15) is 0 Å². The van der Waals surface area contributed by atoms with Gasteiger partial charge in [-0.15, -0.1) is 0 Å². The number of anilines is 2. The van der Waals surface area contributed by atoms with Gasteiger partial charge in [-0.2, -0.15) is 0 Å². The van der Waals surface area contributed by atoms with E-state index in [0.29, 0.717) is 10.8 Å². The Labute approximate surface area is 118 Å². The number of rotatable bonds is 1. The molecule has 0 saturated heterocycles. The number of benzene rings is 1. The number of nitrogens with zero attached hydrogens (tertiary/aromatic N) is 2. The normalized spacial score (nSPS) is 14.9. The molecule has 0 saturated carbocycles. The topological polar surface area (TPSA) is 42.1 Å². The van der Waals surface area contributed by atoms with Crippen LogP contribution in [0.3, 0.4) is 0 Å². The van der Waals surface area contributed by atoms with Crippen molar-refractivity contribution in [1.29, 1.82) is 0 Å². The van der Waals surface area contributed by atoms with E-state index < -0.39 is 0 Å². The summed E-state index contributed by atoms with van der Waals surface area (Å²) in [5.74, 6) is 0.873. The van der Waals surface area contributed by atoms with Gasteiger partial charge in [-0.25, -0.2) is 4.98 Å². The van der Waals surface area contributed by atoms with Crippen LogP contribution >= 0.6 is 11.6 Å². The minimum absolute atomic E-state index is 0.455. The summed E-state index contributed by atoms with van der Waals surface area (Å²) in [5, 5.41) is 0.455. The molecule has 2 heterocycles. The maximum atomic E-state index is 5.98. The van der Waals surface area contributed by atoms with E-state index in [0.717, 1.165) is 31.7 Å². The van der Waals surface area contributed by atoms with Crippen molar-refractivity contribution in [3.63, 3.8) is 0 Å². The predicted octanol–water partition coefficient (Wildman–Crippen LogP) is 2.92. The zero-order valence-electron chi connectivity index (χ0n) is 10.6. The highest BCUT2D eigenvalue weighted by Gasteiger charge is 2.15. The fourth-order valence-corrected chi connectivity index (χ4v) is 2.77. The number of nitrogen functional groups attached to an aromatic ring is 1. The molecule has 0 aliphatic carbocycles. The lowest BCUT2D eigenvalue weighted by atomic mass is 10.0. The van der Waals surface area contributed by atoms with Crippen LogP contribution in [0.4, 0.5) is 11.5 Å².